The number of aromatic hydroxyl groups is 2. The molecule has 100 valence electrons. The Morgan fingerprint density at radius 2 is 1.85 bits per heavy atom. The summed E-state index contributed by atoms with van der Waals surface area (Å²) in [6, 6.07) is 14.2. The Bertz CT molecular complexity index is 763. The molecule has 1 heterocycles. The maximum Gasteiger partial charge on any atom is 0.124 e. The maximum atomic E-state index is 9.92. The predicted molar refractivity (Wildman–Crippen MR) is 77.5 cm³/mol. The zero-order chi connectivity index (χ0) is 14.1. The predicted octanol–water partition coefficient (Wildman–Crippen LogP) is 3.46. The minimum Gasteiger partial charge on any atom is -0.508 e. The number of nitrogens with zero attached hydrogens (tertiary/aromatic N) is 1. The van der Waals surface area contributed by atoms with Gasteiger partial charge in [-0.15, -0.1) is 0 Å². The summed E-state index contributed by atoms with van der Waals surface area (Å²) in [6.07, 6.45) is 0. The molecule has 0 aliphatic rings. The van der Waals surface area contributed by atoms with Gasteiger partial charge in [-0.1, -0.05) is 23.8 Å². The lowest BCUT2D eigenvalue weighted by molar-refractivity contribution is 0.475. The molecule has 1 aromatic heterocycles. The van der Waals surface area contributed by atoms with E-state index in [4.69, 9.17) is 0 Å². The molecule has 4 heteroatoms. The van der Waals surface area contributed by atoms with Crippen molar-refractivity contribution in [3.8, 4) is 34.0 Å². The largest absolute Gasteiger partial charge is 0.508 e. The van der Waals surface area contributed by atoms with Crippen LogP contribution >= 0.6 is 0 Å². The van der Waals surface area contributed by atoms with Gasteiger partial charge in [0.15, 0.2) is 0 Å². The lowest BCUT2D eigenvalue weighted by Crippen LogP contribution is -1.81. The van der Waals surface area contributed by atoms with E-state index in [1.807, 2.05) is 31.2 Å². The standard InChI is InChI=1S/C16H14N2O2/c1-10-5-6-16(20)13(7-10)15-9-14(17-18-15)11-3-2-4-12(19)8-11/h2-9,19-20H,1H3,(H,17,18). The molecule has 3 N–H and O–H groups in total. The van der Waals surface area contributed by atoms with Gasteiger partial charge >= 0.3 is 0 Å². The lowest BCUT2D eigenvalue weighted by Gasteiger charge is -2.02. The topological polar surface area (TPSA) is 69.1 Å². The normalized spacial score (nSPS) is 10.7. The Morgan fingerprint density at radius 1 is 1.00 bits per heavy atom. The number of nitrogens with one attached hydrogen (secondary N) is 1. The van der Waals surface area contributed by atoms with E-state index in [2.05, 4.69) is 10.2 Å². The van der Waals surface area contributed by atoms with E-state index in [-0.39, 0.29) is 11.5 Å². The van der Waals surface area contributed by atoms with Crippen LogP contribution in [-0.2, 0) is 0 Å². The van der Waals surface area contributed by atoms with Crippen LogP contribution in [0.4, 0.5) is 0 Å². The van der Waals surface area contributed by atoms with Gasteiger partial charge in [-0.2, -0.15) is 5.10 Å². The van der Waals surface area contributed by atoms with Crippen molar-refractivity contribution in [1.29, 1.82) is 0 Å². The van der Waals surface area contributed by atoms with Gasteiger partial charge in [0.25, 0.3) is 0 Å². The number of aromatic amines is 1. The number of hydrogen-bond donors (Lipinski definition) is 3. The van der Waals surface area contributed by atoms with Crippen molar-refractivity contribution in [1.82, 2.24) is 10.2 Å². The van der Waals surface area contributed by atoms with Gasteiger partial charge in [0, 0.05) is 11.1 Å². The molecule has 20 heavy (non-hydrogen) atoms. The smallest absolute Gasteiger partial charge is 0.124 e. The van der Waals surface area contributed by atoms with Crippen molar-refractivity contribution >= 4 is 0 Å². The summed E-state index contributed by atoms with van der Waals surface area (Å²) < 4.78 is 0. The molecule has 0 amide bonds. The Labute approximate surface area is 116 Å². The first-order valence-corrected chi connectivity index (χ1v) is 6.28. The molecule has 0 atom stereocenters. The summed E-state index contributed by atoms with van der Waals surface area (Å²) in [6.45, 7) is 1.97. The van der Waals surface area contributed by atoms with Crippen LogP contribution in [0.3, 0.4) is 0 Å². The number of aromatic nitrogens is 2. The third-order valence-corrected chi connectivity index (χ3v) is 3.16. The maximum absolute atomic E-state index is 9.92. The SMILES string of the molecule is Cc1ccc(O)c(-c2cc(-c3cccc(O)c3)n[nH]2)c1. The number of rotatable bonds is 2. The molecule has 0 aliphatic carbocycles. The van der Waals surface area contributed by atoms with Crippen molar-refractivity contribution in [3.63, 3.8) is 0 Å². The van der Waals surface area contributed by atoms with E-state index in [0.717, 1.165) is 22.5 Å². The number of phenolic OH excluding ortho intramolecular Hbond substituents is 2. The molecule has 0 saturated carbocycles. The first-order chi connectivity index (χ1) is 9.63. The summed E-state index contributed by atoms with van der Waals surface area (Å²) >= 11 is 0. The first-order valence-electron chi connectivity index (χ1n) is 6.28. The summed E-state index contributed by atoms with van der Waals surface area (Å²) in [5, 5.41) is 26.6. The molecule has 3 rings (SSSR count). The van der Waals surface area contributed by atoms with Gasteiger partial charge in [-0.3, -0.25) is 5.10 Å². The van der Waals surface area contributed by atoms with Gasteiger partial charge in [-0.25, -0.2) is 0 Å². The highest BCUT2D eigenvalue weighted by molar-refractivity contribution is 5.72. The number of hydrogen-bond acceptors (Lipinski definition) is 3. The van der Waals surface area contributed by atoms with Crippen molar-refractivity contribution < 1.29 is 10.2 Å². The monoisotopic (exact) mass is 266 g/mol. The Kier molecular flexibility index (Phi) is 2.91. The molecule has 2 aromatic carbocycles. The molecule has 0 saturated heterocycles. The molecule has 0 radical (unpaired) electrons. The van der Waals surface area contributed by atoms with E-state index < -0.39 is 0 Å². The first kappa shape index (κ1) is 12.3. The summed E-state index contributed by atoms with van der Waals surface area (Å²) in [7, 11) is 0. The van der Waals surface area contributed by atoms with Crippen LogP contribution in [0.15, 0.2) is 48.5 Å². The third kappa shape index (κ3) is 2.23. The van der Waals surface area contributed by atoms with Gasteiger partial charge in [0.1, 0.15) is 11.5 Å². The van der Waals surface area contributed by atoms with Gasteiger partial charge < -0.3 is 10.2 Å². The Morgan fingerprint density at radius 3 is 2.65 bits per heavy atom. The van der Waals surface area contributed by atoms with Crippen molar-refractivity contribution in [2.45, 2.75) is 6.92 Å². The van der Waals surface area contributed by atoms with Gasteiger partial charge in [-0.05, 0) is 37.3 Å². The Balaban J connectivity index is 2.04. The van der Waals surface area contributed by atoms with Crippen LogP contribution in [0.2, 0.25) is 0 Å². The van der Waals surface area contributed by atoms with E-state index in [1.165, 1.54) is 0 Å². The van der Waals surface area contributed by atoms with Crippen LogP contribution in [0.5, 0.6) is 11.5 Å². The van der Waals surface area contributed by atoms with Gasteiger partial charge in [0.2, 0.25) is 0 Å². The van der Waals surface area contributed by atoms with Crippen LogP contribution in [0, 0.1) is 6.92 Å². The summed E-state index contributed by atoms with van der Waals surface area (Å²) in [5.74, 6) is 0.409. The van der Waals surface area contributed by atoms with Crippen LogP contribution in [0.25, 0.3) is 22.5 Å². The van der Waals surface area contributed by atoms with E-state index in [9.17, 15) is 10.2 Å². The fraction of sp³-hybridized carbons (Fsp3) is 0.0625. The zero-order valence-electron chi connectivity index (χ0n) is 11.0. The third-order valence-electron chi connectivity index (χ3n) is 3.16. The molecule has 4 nitrogen and oxygen atoms in total. The second-order valence-corrected chi connectivity index (χ2v) is 4.74. The molecular formula is C16H14N2O2. The molecule has 0 bridgehead atoms. The highest BCUT2D eigenvalue weighted by Crippen LogP contribution is 2.31. The van der Waals surface area contributed by atoms with E-state index >= 15 is 0 Å². The number of aryl methyl sites for hydroxylation is 1. The lowest BCUT2D eigenvalue weighted by atomic mass is 10.1. The zero-order valence-corrected chi connectivity index (χ0v) is 11.0. The van der Waals surface area contributed by atoms with Crippen LogP contribution < -0.4 is 0 Å². The van der Waals surface area contributed by atoms with Gasteiger partial charge in [0.05, 0.1) is 11.4 Å². The molecule has 0 spiro atoms. The van der Waals surface area contributed by atoms with Crippen molar-refractivity contribution in [3.05, 3.63) is 54.1 Å². The fourth-order valence-corrected chi connectivity index (χ4v) is 2.14. The summed E-state index contributed by atoms with van der Waals surface area (Å²) in [5.41, 5.74) is 4.05. The van der Waals surface area contributed by atoms with Crippen molar-refractivity contribution in [2.75, 3.05) is 0 Å². The molecular weight excluding hydrogens is 252 g/mol. The second kappa shape index (κ2) is 4.74. The van der Waals surface area contributed by atoms with E-state index in [1.54, 1.807) is 24.3 Å². The quantitative estimate of drug-likeness (QED) is 0.665. The average Bonchev–Trinajstić information content (AvgIpc) is 2.91. The van der Waals surface area contributed by atoms with E-state index in [0.29, 0.717) is 5.56 Å². The second-order valence-electron chi connectivity index (χ2n) is 4.74. The minimum atomic E-state index is 0.199. The fourth-order valence-electron chi connectivity index (χ4n) is 2.14. The molecule has 0 aliphatic heterocycles. The molecule has 0 unspecified atom stereocenters. The van der Waals surface area contributed by atoms with Crippen molar-refractivity contribution in [2.24, 2.45) is 0 Å². The molecule has 3 aromatic rings. The number of H-pyrrole nitrogens is 1. The molecule has 0 fully saturated rings. The number of phenols is 2. The number of benzene rings is 2. The van der Waals surface area contributed by atoms with Crippen LogP contribution in [-0.4, -0.2) is 20.4 Å². The minimum absolute atomic E-state index is 0.199. The van der Waals surface area contributed by atoms with Crippen LogP contribution in [0.1, 0.15) is 5.56 Å². The average molecular weight is 266 g/mol. The Hall–Kier alpha value is -2.75. The highest BCUT2D eigenvalue weighted by atomic mass is 16.3. The highest BCUT2D eigenvalue weighted by Gasteiger charge is 2.10. The summed E-state index contributed by atoms with van der Waals surface area (Å²) in [4.78, 5) is 0.